The van der Waals surface area contributed by atoms with E-state index < -0.39 is 29.4 Å². The lowest BCUT2D eigenvalue weighted by molar-refractivity contribution is 0.106. The van der Waals surface area contributed by atoms with Gasteiger partial charge >= 0.3 is 0 Å². The third-order valence-corrected chi connectivity index (χ3v) is 87.8. The van der Waals surface area contributed by atoms with Crippen LogP contribution < -0.4 is 0 Å². The molecular weight excluding hydrogens is 397 g/mol. The Balaban J connectivity index is 3.68. The maximum Gasteiger partial charge on any atom is 0.0678 e. The molecule has 24 heavy (non-hydrogen) atoms. The van der Waals surface area contributed by atoms with Gasteiger partial charge in [0.15, 0.2) is 0 Å². The summed E-state index contributed by atoms with van der Waals surface area (Å²) < 4.78 is 6.63. The highest BCUT2D eigenvalue weighted by molar-refractivity contribution is 8.25. The number of hydrogen-bond acceptors (Lipinski definition) is 3. The Bertz CT molecular complexity index is 378. The van der Waals surface area contributed by atoms with Crippen LogP contribution >= 0.6 is 23.5 Å². The van der Waals surface area contributed by atoms with Gasteiger partial charge in [0.05, 0.1) is 12.7 Å². The molecule has 0 saturated carbocycles. The molecule has 0 spiro atoms. The molecule has 0 aromatic rings. The molecule has 1 aliphatic rings. The van der Waals surface area contributed by atoms with Crippen LogP contribution in [0.3, 0.4) is 0 Å². The standard InChI is InChI=1S/C17H42OS2Si4/c1-19-17(20-2,15-16-13-12-14-18-16)24(21(3,4)5,22(6,7)8)23(9,10)11/h16H,12-15H2,1-11H3. The van der Waals surface area contributed by atoms with Crippen molar-refractivity contribution in [1.82, 2.24) is 0 Å². The van der Waals surface area contributed by atoms with E-state index in [-0.39, 0.29) is 0 Å². The third kappa shape index (κ3) is 3.87. The van der Waals surface area contributed by atoms with Gasteiger partial charge in [-0.15, -0.1) is 0 Å². The molecule has 1 rings (SSSR count). The third-order valence-electron chi connectivity index (χ3n) is 6.13. The fraction of sp³-hybridized carbons (Fsp3) is 1.00. The lowest BCUT2D eigenvalue weighted by Crippen LogP contribution is -2.90. The summed E-state index contributed by atoms with van der Waals surface area (Å²) in [4.78, 5) is 0. The van der Waals surface area contributed by atoms with Gasteiger partial charge in [0.2, 0.25) is 0 Å². The van der Waals surface area contributed by atoms with Gasteiger partial charge in [0.1, 0.15) is 0 Å². The summed E-state index contributed by atoms with van der Waals surface area (Å²) in [5.41, 5.74) is 0. The Morgan fingerprint density at radius 2 is 1.25 bits per heavy atom. The Morgan fingerprint density at radius 3 is 1.50 bits per heavy atom. The maximum atomic E-state index is 6.19. The minimum Gasteiger partial charge on any atom is -0.378 e. The predicted molar refractivity (Wildman–Crippen MR) is 129 cm³/mol. The van der Waals surface area contributed by atoms with Crippen LogP contribution in [0, 0.1) is 0 Å². The van der Waals surface area contributed by atoms with Crippen molar-refractivity contribution in [3.63, 3.8) is 0 Å². The second kappa shape index (κ2) is 7.87. The molecule has 7 heteroatoms. The average molecular weight is 439 g/mol. The van der Waals surface area contributed by atoms with E-state index in [0.717, 1.165) is 6.61 Å². The first-order valence-corrected chi connectivity index (χ1v) is 27.4. The predicted octanol–water partition coefficient (Wildman–Crippen LogP) is 6.22. The Hall–Kier alpha value is 1.53. The van der Waals surface area contributed by atoms with E-state index in [1.165, 1.54) is 19.3 Å². The van der Waals surface area contributed by atoms with Gasteiger partial charge < -0.3 is 4.74 Å². The Morgan fingerprint density at radius 1 is 0.833 bits per heavy atom. The van der Waals surface area contributed by atoms with Crippen LogP contribution in [0.25, 0.3) is 0 Å². The van der Waals surface area contributed by atoms with Crippen molar-refractivity contribution < 1.29 is 4.74 Å². The van der Waals surface area contributed by atoms with Crippen molar-refractivity contribution in [1.29, 1.82) is 0 Å². The van der Waals surface area contributed by atoms with Gasteiger partial charge in [-0.1, -0.05) is 58.9 Å². The molecule has 1 fully saturated rings. The lowest BCUT2D eigenvalue weighted by atomic mass is 10.2. The van der Waals surface area contributed by atoms with E-state index in [2.05, 4.69) is 95.0 Å². The minimum absolute atomic E-state index is 0.446. The largest absolute Gasteiger partial charge is 0.378 e. The van der Waals surface area contributed by atoms with Crippen LogP contribution in [0.4, 0.5) is 0 Å². The molecule has 0 aromatic carbocycles. The van der Waals surface area contributed by atoms with Gasteiger partial charge in [-0.05, 0) is 31.8 Å². The summed E-state index contributed by atoms with van der Waals surface area (Å²) >= 11 is 4.48. The van der Waals surface area contributed by atoms with Gasteiger partial charge in [-0.3, -0.25) is 0 Å². The smallest absolute Gasteiger partial charge is 0.0678 e. The van der Waals surface area contributed by atoms with Crippen LogP contribution in [0.1, 0.15) is 19.3 Å². The molecule has 1 aliphatic heterocycles. The summed E-state index contributed by atoms with van der Waals surface area (Å²) in [5, 5.41) is 0. The molecular formula is C17H42OS2Si4. The summed E-state index contributed by atoms with van der Waals surface area (Å²) in [5.74, 6) is 0. The lowest BCUT2D eigenvalue weighted by Gasteiger charge is -2.66. The van der Waals surface area contributed by atoms with E-state index in [4.69, 9.17) is 4.74 Å². The molecule has 1 unspecified atom stereocenters. The summed E-state index contributed by atoms with van der Waals surface area (Å²) in [6.07, 6.45) is 9.23. The second-order valence-corrected chi connectivity index (χ2v) is 54.3. The number of hydrogen-bond donors (Lipinski definition) is 0. The number of ether oxygens (including phenoxy) is 1. The van der Waals surface area contributed by atoms with Gasteiger partial charge in [-0.25, -0.2) is 0 Å². The molecule has 0 aromatic heterocycles. The first-order chi connectivity index (χ1) is 10.7. The SMILES string of the molecule is CSC(CC1CCCO1)(SC)[Si]([Si](C)(C)C)([Si](C)(C)C)[Si](C)(C)C. The summed E-state index contributed by atoms with van der Waals surface area (Å²) in [7, 11) is -3.88. The first kappa shape index (κ1) is 23.6. The summed E-state index contributed by atoms with van der Waals surface area (Å²) in [6.45, 7) is 24.1. The quantitative estimate of drug-likeness (QED) is 0.329. The van der Waals surface area contributed by atoms with E-state index in [9.17, 15) is 0 Å². The zero-order valence-electron chi connectivity index (χ0n) is 18.1. The van der Waals surface area contributed by atoms with E-state index in [1.54, 1.807) is 0 Å². The maximum absolute atomic E-state index is 6.19. The van der Waals surface area contributed by atoms with Gasteiger partial charge in [0.25, 0.3) is 0 Å². The fourth-order valence-corrected chi connectivity index (χ4v) is 136. The zero-order chi connectivity index (χ0) is 19.0. The van der Waals surface area contributed by atoms with Crippen LogP contribution in [0.15, 0.2) is 0 Å². The second-order valence-electron chi connectivity index (χ2n) is 10.5. The first-order valence-electron chi connectivity index (χ1n) is 9.42. The highest BCUT2D eigenvalue weighted by Gasteiger charge is 2.71. The Labute approximate surface area is 164 Å². The Kier molecular flexibility index (Phi) is 7.73. The highest BCUT2D eigenvalue weighted by Crippen LogP contribution is 2.56. The van der Waals surface area contributed by atoms with Crippen LogP contribution in [-0.2, 0) is 4.74 Å². The van der Waals surface area contributed by atoms with Crippen molar-refractivity contribution >= 4 is 52.9 Å². The molecule has 1 atom stereocenters. The van der Waals surface area contributed by atoms with Crippen molar-refractivity contribution in [2.24, 2.45) is 0 Å². The van der Waals surface area contributed by atoms with E-state index >= 15 is 0 Å². The molecule has 1 saturated heterocycles. The highest BCUT2D eigenvalue weighted by atomic mass is 32.2. The van der Waals surface area contributed by atoms with E-state index in [1.807, 2.05) is 0 Å². The number of thioether (sulfide) groups is 2. The normalized spacial score (nSPS) is 21.4. The van der Waals surface area contributed by atoms with Crippen molar-refractivity contribution in [3.05, 3.63) is 0 Å². The molecule has 0 N–H and O–H groups in total. The van der Waals surface area contributed by atoms with Crippen molar-refractivity contribution in [2.45, 2.75) is 88.0 Å². The molecule has 0 aliphatic carbocycles. The monoisotopic (exact) mass is 438 g/mol. The van der Waals surface area contributed by atoms with Gasteiger partial charge in [-0.2, -0.15) is 23.5 Å². The average Bonchev–Trinajstić information content (AvgIpc) is 2.85. The van der Waals surface area contributed by atoms with Crippen LogP contribution in [0.5, 0.6) is 0 Å². The summed E-state index contributed by atoms with van der Waals surface area (Å²) in [6, 6.07) is 0. The topological polar surface area (TPSA) is 9.23 Å². The van der Waals surface area contributed by atoms with Gasteiger partial charge in [0, 0.05) is 33.1 Å². The van der Waals surface area contributed by atoms with Crippen molar-refractivity contribution in [2.75, 3.05) is 19.1 Å². The van der Waals surface area contributed by atoms with Crippen LogP contribution in [0.2, 0.25) is 58.9 Å². The minimum atomic E-state index is -1.48. The fourth-order valence-electron chi connectivity index (χ4n) is 6.90. The number of rotatable bonds is 8. The van der Waals surface area contributed by atoms with Crippen molar-refractivity contribution in [3.8, 4) is 0 Å². The molecule has 1 nitrogen and oxygen atoms in total. The van der Waals surface area contributed by atoms with Crippen LogP contribution in [-0.4, -0.2) is 58.3 Å². The molecule has 0 bridgehead atoms. The molecule has 0 amide bonds. The molecule has 1 heterocycles. The van der Waals surface area contributed by atoms with E-state index in [0.29, 0.717) is 9.81 Å². The molecule has 0 radical (unpaired) electrons. The molecule has 144 valence electrons. The zero-order valence-corrected chi connectivity index (χ0v) is 23.8.